The number of carbonyl (C=O) groups is 5. The third-order valence-electron chi connectivity index (χ3n) is 6.61. The van der Waals surface area contributed by atoms with Gasteiger partial charge in [-0.3, -0.25) is 24.2 Å². The van der Waals surface area contributed by atoms with Gasteiger partial charge in [0, 0.05) is 63.7 Å². The number of aromatic nitrogens is 2. The van der Waals surface area contributed by atoms with Crippen LogP contribution in [-0.2, 0) is 28.7 Å². The highest BCUT2D eigenvalue weighted by atomic mass is 16.5. The number of carboxylic acids is 2. The smallest absolute Gasteiger partial charge is 0.328 e. The molecule has 3 atom stereocenters. The van der Waals surface area contributed by atoms with E-state index in [1.54, 1.807) is 25.4 Å². The van der Waals surface area contributed by atoms with E-state index < -0.39 is 18.0 Å². The molecule has 2 fully saturated rings. The first-order valence-corrected chi connectivity index (χ1v) is 12.8. The van der Waals surface area contributed by atoms with Gasteiger partial charge >= 0.3 is 17.9 Å². The van der Waals surface area contributed by atoms with Gasteiger partial charge in [-0.25, -0.2) is 19.6 Å². The van der Waals surface area contributed by atoms with E-state index >= 15 is 0 Å². The molecule has 0 spiro atoms. The van der Waals surface area contributed by atoms with Gasteiger partial charge in [-0.2, -0.15) is 0 Å². The summed E-state index contributed by atoms with van der Waals surface area (Å²) in [6.45, 7) is 5.39. The van der Waals surface area contributed by atoms with Crippen molar-refractivity contribution in [2.45, 2.75) is 32.3 Å². The lowest BCUT2D eigenvalue weighted by molar-refractivity contribution is -0.155. The Morgan fingerprint density at radius 3 is 1.97 bits per heavy atom. The molecule has 1 aliphatic carbocycles. The van der Waals surface area contributed by atoms with Crippen LogP contribution in [0.2, 0.25) is 0 Å². The van der Waals surface area contributed by atoms with E-state index in [1.165, 1.54) is 4.90 Å². The highest BCUT2D eigenvalue weighted by Gasteiger charge is 2.48. The average molecular weight is 544 g/mol. The van der Waals surface area contributed by atoms with E-state index in [0.717, 1.165) is 26.2 Å². The molecule has 1 unspecified atom stereocenters. The topological polar surface area (TPSA) is 171 Å². The van der Waals surface area contributed by atoms with Crippen molar-refractivity contribution in [3.8, 4) is 0 Å². The number of likely N-dealkylation sites (tertiary alicyclic amines) is 1. The molecule has 0 saturated carbocycles. The Morgan fingerprint density at radius 2 is 1.49 bits per heavy atom. The third kappa shape index (κ3) is 8.43. The van der Waals surface area contributed by atoms with Crippen LogP contribution in [0.4, 0.5) is 5.95 Å². The number of amides is 2. The summed E-state index contributed by atoms with van der Waals surface area (Å²) in [5.41, 5.74) is 0. The molecule has 3 heterocycles. The Balaban J connectivity index is 0.000000459. The second-order valence-electron chi connectivity index (χ2n) is 9.25. The number of hydrogen-bond donors (Lipinski definition) is 2. The lowest BCUT2D eigenvalue weighted by Crippen LogP contribution is -2.51. The molecule has 13 nitrogen and oxygen atoms in total. The van der Waals surface area contributed by atoms with Gasteiger partial charge < -0.3 is 19.8 Å². The second kappa shape index (κ2) is 14.1. The van der Waals surface area contributed by atoms with Crippen molar-refractivity contribution in [2.24, 2.45) is 11.8 Å². The van der Waals surface area contributed by atoms with E-state index in [0.29, 0.717) is 37.5 Å². The van der Waals surface area contributed by atoms with Gasteiger partial charge in [0.2, 0.25) is 17.8 Å². The molecule has 1 aromatic heterocycles. The zero-order valence-corrected chi connectivity index (χ0v) is 21.7. The standard InChI is InChI=1S/C22H29N5O4.C4H4O4/c1-2-19(28)31-16(15-27-20(29)17-6-3-4-7-18(17)21(27)30)14-25-10-12-26(13-11-25)22-23-8-5-9-24-22;5-3(6)1-2-4(7)8/h3-5,8-9,16-18H,2,6-7,10-15H2,1H3;1-2H,(H,5,6)(H,7,8)/b;2-1-/t16?,17-,18+;. The molecule has 39 heavy (non-hydrogen) atoms. The number of ether oxygens (including phenoxy) is 1. The van der Waals surface area contributed by atoms with Crippen molar-refractivity contribution in [1.82, 2.24) is 19.8 Å². The van der Waals surface area contributed by atoms with Crippen molar-refractivity contribution >= 4 is 35.7 Å². The highest BCUT2D eigenvalue weighted by Crippen LogP contribution is 2.35. The number of esters is 1. The Labute approximate surface area is 225 Å². The minimum Gasteiger partial charge on any atom is -0.478 e. The number of nitrogens with zero attached hydrogens (tertiary/aromatic N) is 5. The number of hydrogen-bond acceptors (Lipinski definition) is 10. The van der Waals surface area contributed by atoms with Crippen LogP contribution in [0.25, 0.3) is 0 Å². The molecule has 3 aliphatic rings. The zero-order chi connectivity index (χ0) is 28.4. The number of anilines is 1. The Kier molecular flexibility index (Phi) is 10.7. The number of piperazine rings is 1. The maximum absolute atomic E-state index is 12.8. The fourth-order valence-electron chi connectivity index (χ4n) is 4.67. The quantitative estimate of drug-likeness (QED) is 0.192. The van der Waals surface area contributed by atoms with E-state index in [9.17, 15) is 24.0 Å². The normalized spacial score (nSPS) is 21.8. The second-order valence-corrected chi connectivity index (χ2v) is 9.25. The van der Waals surface area contributed by atoms with Crippen LogP contribution in [0.3, 0.4) is 0 Å². The highest BCUT2D eigenvalue weighted by molar-refractivity contribution is 6.05. The van der Waals surface area contributed by atoms with Gasteiger partial charge in [0.25, 0.3) is 0 Å². The predicted molar refractivity (Wildman–Crippen MR) is 137 cm³/mol. The van der Waals surface area contributed by atoms with Crippen molar-refractivity contribution in [1.29, 1.82) is 0 Å². The number of fused-ring (bicyclic) bond motifs is 1. The Hall–Kier alpha value is -4.13. The van der Waals surface area contributed by atoms with Gasteiger partial charge in [0.15, 0.2) is 0 Å². The summed E-state index contributed by atoms with van der Waals surface area (Å²) in [6.07, 6.45) is 9.45. The predicted octanol–water partition coefficient (Wildman–Crippen LogP) is 0.583. The number of imide groups is 1. The summed E-state index contributed by atoms with van der Waals surface area (Å²) in [7, 11) is 0. The fraction of sp³-hybridized carbons (Fsp3) is 0.500. The van der Waals surface area contributed by atoms with E-state index in [4.69, 9.17) is 14.9 Å². The molecule has 1 aromatic rings. The summed E-state index contributed by atoms with van der Waals surface area (Å²) < 4.78 is 5.65. The maximum Gasteiger partial charge on any atom is 0.328 e. The molecule has 2 saturated heterocycles. The van der Waals surface area contributed by atoms with Crippen molar-refractivity contribution in [3.63, 3.8) is 0 Å². The van der Waals surface area contributed by atoms with Crippen LogP contribution in [0, 0.1) is 11.8 Å². The van der Waals surface area contributed by atoms with Gasteiger partial charge in [0.1, 0.15) is 6.10 Å². The van der Waals surface area contributed by atoms with Crippen LogP contribution in [-0.4, -0.2) is 105 Å². The molecule has 2 aliphatic heterocycles. The molecular formula is C26H33N5O8. The Morgan fingerprint density at radius 1 is 0.949 bits per heavy atom. The van der Waals surface area contributed by atoms with Gasteiger partial charge in [-0.1, -0.05) is 19.1 Å². The largest absolute Gasteiger partial charge is 0.478 e. The molecule has 4 rings (SSSR count). The fourth-order valence-corrected chi connectivity index (χ4v) is 4.67. The van der Waals surface area contributed by atoms with Gasteiger partial charge in [0.05, 0.1) is 18.4 Å². The first-order chi connectivity index (χ1) is 18.7. The number of aliphatic carboxylic acids is 2. The van der Waals surface area contributed by atoms with Crippen LogP contribution in [0.15, 0.2) is 42.8 Å². The number of carboxylic acid groups (broad SMARTS) is 2. The van der Waals surface area contributed by atoms with Gasteiger partial charge in [-0.05, 0) is 18.9 Å². The average Bonchev–Trinajstić information content (AvgIpc) is 3.18. The number of carbonyl (C=O) groups excluding carboxylic acids is 3. The molecule has 210 valence electrons. The minimum atomic E-state index is -1.26. The van der Waals surface area contributed by atoms with Crippen molar-refractivity contribution in [3.05, 3.63) is 42.8 Å². The molecule has 0 aromatic carbocycles. The summed E-state index contributed by atoms with van der Waals surface area (Å²) in [5, 5.41) is 15.6. The van der Waals surface area contributed by atoms with E-state index in [1.807, 2.05) is 12.2 Å². The molecular weight excluding hydrogens is 510 g/mol. The summed E-state index contributed by atoms with van der Waals surface area (Å²) in [6, 6.07) is 1.79. The third-order valence-corrected chi connectivity index (χ3v) is 6.61. The molecule has 0 bridgehead atoms. The monoisotopic (exact) mass is 543 g/mol. The Bertz CT molecular complexity index is 1060. The first-order valence-electron chi connectivity index (χ1n) is 12.8. The van der Waals surface area contributed by atoms with Crippen LogP contribution < -0.4 is 4.90 Å². The summed E-state index contributed by atoms with van der Waals surface area (Å²) >= 11 is 0. The first kappa shape index (κ1) is 29.4. The van der Waals surface area contributed by atoms with E-state index in [-0.39, 0.29) is 42.6 Å². The summed E-state index contributed by atoms with van der Waals surface area (Å²) in [4.78, 5) is 71.0. The molecule has 13 heteroatoms. The lowest BCUT2D eigenvalue weighted by atomic mass is 9.85. The van der Waals surface area contributed by atoms with Crippen molar-refractivity contribution in [2.75, 3.05) is 44.2 Å². The SMILES string of the molecule is CCC(=O)OC(CN1CCN(c2ncccn2)CC1)CN1C(=O)[C@H]2CC=CC[C@H]2C1=O.O=C(O)/C=C\C(=O)O. The molecule has 2 N–H and O–H groups in total. The van der Waals surface area contributed by atoms with Gasteiger partial charge in [-0.15, -0.1) is 0 Å². The van der Waals surface area contributed by atoms with Crippen molar-refractivity contribution < 1.29 is 38.9 Å². The molecule has 0 radical (unpaired) electrons. The zero-order valence-electron chi connectivity index (χ0n) is 21.7. The van der Waals surface area contributed by atoms with Crippen LogP contribution in [0.1, 0.15) is 26.2 Å². The maximum atomic E-state index is 12.8. The van der Waals surface area contributed by atoms with E-state index in [2.05, 4.69) is 19.8 Å². The summed E-state index contributed by atoms with van der Waals surface area (Å²) in [5.74, 6) is -2.94. The molecule has 2 amide bonds. The minimum absolute atomic E-state index is 0.123. The lowest BCUT2D eigenvalue weighted by Gasteiger charge is -2.36. The number of rotatable bonds is 9. The number of allylic oxidation sites excluding steroid dienone is 2. The van der Waals surface area contributed by atoms with Crippen LogP contribution in [0.5, 0.6) is 0 Å². The van der Waals surface area contributed by atoms with Crippen LogP contribution >= 0.6 is 0 Å².